The number of aromatic nitrogens is 3. The molecule has 1 fully saturated rings. The molecule has 0 aliphatic carbocycles. The van der Waals surface area contributed by atoms with Crippen LogP contribution in [0.2, 0.25) is 0 Å². The normalized spacial score (nSPS) is 19.3. The number of carboxylic acid groups (broad SMARTS) is 1. The Morgan fingerprint density at radius 2 is 2.33 bits per heavy atom. The third-order valence-corrected chi connectivity index (χ3v) is 3.00. The molecule has 18 heavy (non-hydrogen) atoms. The number of rotatable bonds is 4. The summed E-state index contributed by atoms with van der Waals surface area (Å²) in [4.78, 5) is 22.2. The van der Waals surface area contributed by atoms with Crippen molar-refractivity contribution >= 4 is 11.9 Å². The molecule has 1 atom stereocenters. The predicted octanol–water partition coefficient (Wildman–Crippen LogP) is 0.378. The van der Waals surface area contributed by atoms with Gasteiger partial charge in [0, 0.05) is 12.5 Å². The number of carboxylic acids is 1. The summed E-state index contributed by atoms with van der Waals surface area (Å²) >= 11 is 0. The van der Waals surface area contributed by atoms with E-state index in [0.29, 0.717) is 18.7 Å². The molecule has 0 aromatic carbocycles. The number of hydrogen-bond donors (Lipinski definition) is 2. The first-order valence-corrected chi connectivity index (χ1v) is 5.95. The van der Waals surface area contributed by atoms with E-state index < -0.39 is 5.97 Å². The maximum absolute atomic E-state index is 11.1. The van der Waals surface area contributed by atoms with Crippen LogP contribution in [0, 0.1) is 0 Å². The second-order valence-corrected chi connectivity index (χ2v) is 4.77. The molecule has 0 spiro atoms. The van der Waals surface area contributed by atoms with Crippen molar-refractivity contribution < 1.29 is 14.7 Å². The Bertz CT molecular complexity index is 481. The van der Waals surface area contributed by atoms with Crippen molar-refractivity contribution in [3.05, 3.63) is 11.4 Å². The monoisotopic (exact) mass is 252 g/mol. The van der Waals surface area contributed by atoms with Gasteiger partial charge < -0.3 is 10.4 Å². The van der Waals surface area contributed by atoms with Gasteiger partial charge in [0.05, 0.1) is 12.2 Å². The zero-order chi connectivity index (χ0) is 13.3. The lowest BCUT2D eigenvalue weighted by molar-refractivity contribution is -0.119. The van der Waals surface area contributed by atoms with Gasteiger partial charge in [0.15, 0.2) is 5.69 Å². The highest BCUT2D eigenvalue weighted by Crippen LogP contribution is 2.19. The van der Waals surface area contributed by atoms with Crippen molar-refractivity contribution in [2.75, 3.05) is 0 Å². The molecule has 0 radical (unpaired) electrons. The van der Waals surface area contributed by atoms with Crippen LogP contribution in [0.5, 0.6) is 0 Å². The van der Waals surface area contributed by atoms with Gasteiger partial charge in [0.25, 0.3) is 0 Å². The fraction of sp³-hybridized carbons (Fsp3) is 0.636. The van der Waals surface area contributed by atoms with Crippen LogP contribution in [0.4, 0.5) is 0 Å². The molecule has 7 nitrogen and oxygen atoms in total. The van der Waals surface area contributed by atoms with Gasteiger partial charge in [-0.25, -0.2) is 9.48 Å². The Hall–Kier alpha value is -1.92. The molecule has 1 aliphatic heterocycles. The van der Waals surface area contributed by atoms with Crippen LogP contribution >= 0.6 is 0 Å². The molecule has 1 aromatic rings. The molecule has 0 bridgehead atoms. The van der Waals surface area contributed by atoms with E-state index in [0.717, 1.165) is 6.42 Å². The van der Waals surface area contributed by atoms with Crippen molar-refractivity contribution in [2.45, 2.75) is 45.2 Å². The van der Waals surface area contributed by atoms with Crippen LogP contribution in [0.3, 0.4) is 0 Å². The minimum atomic E-state index is -1.07. The number of aromatic carboxylic acids is 1. The van der Waals surface area contributed by atoms with Crippen LogP contribution < -0.4 is 5.32 Å². The second-order valence-electron chi connectivity index (χ2n) is 4.77. The number of nitrogens with one attached hydrogen (secondary N) is 1. The van der Waals surface area contributed by atoms with Gasteiger partial charge in [0.1, 0.15) is 0 Å². The lowest BCUT2D eigenvalue weighted by atomic mass is 10.1. The molecule has 2 heterocycles. The standard InChI is InChI=1S/C11H16N4O3/c1-6(2)10-9(11(17)18)13-14-15(10)5-7-3-4-8(16)12-7/h6-7H,3-5H2,1-2H3,(H,12,16)(H,17,18). The van der Waals surface area contributed by atoms with Crippen LogP contribution in [-0.4, -0.2) is 38.0 Å². The number of carbonyl (C=O) groups is 2. The average Bonchev–Trinajstić information content (AvgIpc) is 2.85. The number of carbonyl (C=O) groups excluding carboxylic acids is 1. The minimum absolute atomic E-state index is 0.00526. The van der Waals surface area contributed by atoms with E-state index in [9.17, 15) is 9.59 Å². The fourth-order valence-corrected chi connectivity index (χ4v) is 2.20. The van der Waals surface area contributed by atoms with E-state index in [1.54, 1.807) is 4.68 Å². The van der Waals surface area contributed by atoms with Crippen molar-refractivity contribution in [3.63, 3.8) is 0 Å². The molecule has 0 saturated carbocycles. The summed E-state index contributed by atoms with van der Waals surface area (Å²) in [5, 5.41) is 19.5. The number of amides is 1. The maximum atomic E-state index is 11.1. The summed E-state index contributed by atoms with van der Waals surface area (Å²) in [5.74, 6) is -1.02. The Labute approximate surface area is 104 Å². The molecule has 1 aliphatic rings. The first-order chi connectivity index (χ1) is 8.49. The molecular formula is C11H16N4O3. The zero-order valence-electron chi connectivity index (χ0n) is 10.4. The van der Waals surface area contributed by atoms with E-state index in [1.165, 1.54) is 0 Å². The second kappa shape index (κ2) is 4.75. The Morgan fingerprint density at radius 1 is 1.61 bits per heavy atom. The first kappa shape index (κ1) is 12.5. The van der Waals surface area contributed by atoms with Gasteiger partial charge in [-0.3, -0.25) is 4.79 Å². The third kappa shape index (κ3) is 2.34. The van der Waals surface area contributed by atoms with Crippen molar-refractivity contribution in [3.8, 4) is 0 Å². The highest BCUT2D eigenvalue weighted by atomic mass is 16.4. The van der Waals surface area contributed by atoms with Gasteiger partial charge in [-0.15, -0.1) is 5.10 Å². The summed E-state index contributed by atoms with van der Waals surface area (Å²) < 4.78 is 1.59. The summed E-state index contributed by atoms with van der Waals surface area (Å²) in [6, 6.07) is 0.0124. The molecule has 1 unspecified atom stereocenters. The summed E-state index contributed by atoms with van der Waals surface area (Å²) in [6.07, 6.45) is 1.26. The van der Waals surface area contributed by atoms with Crippen LogP contribution in [-0.2, 0) is 11.3 Å². The molecular weight excluding hydrogens is 236 g/mol. The van der Waals surface area contributed by atoms with E-state index >= 15 is 0 Å². The first-order valence-electron chi connectivity index (χ1n) is 5.95. The van der Waals surface area contributed by atoms with Crippen molar-refractivity contribution in [1.82, 2.24) is 20.3 Å². The van der Waals surface area contributed by atoms with Crippen LogP contribution in [0.1, 0.15) is 48.8 Å². The highest BCUT2D eigenvalue weighted by Gasteiger charge is 2.26. The Morgan fingerprint density at radius 3 is 2.83 bits per heavy atom. The smallest absolute Gasteiger partial charge is 0.358 e. The fourth-order valence-electron chi connectivity index (χ4n) is 2.20. The Kier molecular flexibility index (Phi) is 3.31. The lowest BCUT2D eigenvalue weighted by Gasteiger charge is -2.14. The topological polar surface area (TPSA) is 97.1 Å². The molecule has 7 heteroatoms. The predicted molar refractivity (Wildman–Crippen MR) is 62.2 cm³/mol. The Balaban J connectivity index is 2.22. The van der Waals surface area contributed by atoms with Crippen LogP contribution in [0.15, 0.2) is 0 Å². The van der Waals surface area contributed by atoms with Gasteiger partial charge in [-0.2, -0.15) is 0 Å². The molecule has 2 rings (SSSR count). The largest absolute Gasteiger partial charge is 0.476 e. The summed E-state index contributed by atoms with van der Waals surface area (Å²) in [6.45, 7) is 4.27. The average molecular weight is 252 g/mol. The quantitative estimate of drug-likeness (QED) is 0.807. The van der Waals surface area contributed by atoms with E-state index in [-0.39, 0.29) is 23.6 Å². The molecule has 98 valence electrons. The molecule has 2 N–H and O–H groups in total. The third-order valence-electron chi connectivity index (χ3n) is 3.00. The lowest BCUT2D eigenvalue weighted by Crippen LogP contribution is -2.30. The summed E-state index contributed by atoms with van der Waals surface area (Å²) in [5.41, 5.74) is 0.595. The van der Waals surface area contributed by atoms with Gasteiger partial charge in [-0.1, -0.05) is 19.1 Å². The number of hydrogen-bond acceptors (Lipinski definition) is 4. The van der Waals surface area contributed by atoms with Crippen LogP contribution in [0.25, 0.3) is 0 Å². The molecule has 1 amide bonds. The highest BCUT2D eigenvalue weighted by molar-refractivity contribution is 5.86. The maximum Gasteiger partial charge on any atom is 0.358 e. The molecule has 1 saturated heterocycles. The SMILES string of the molecule is CC(C)c1c(C(=O)O)nnn1CC1CCC(=O)N1. The van der Waals surface area contributed by atoms with E-state index in [4.69, 9.17) is 5.11 Å². The molecule has 1 aromatic heterocycles. The van der Waals surface area contributed by atoms with Gasteiger partial charge in [0.2, 0.25) is 5.91 Å². The van der Waals surface area contributed by atoms with Crippen molar-refractivity contribution in [2.24, 2.45) is 0 Å². The van der Waals surface area contributed by atoms with E-state index in [2.05, 4.69) is 15.6 Å². The minimum Gasteiger partial charge on any atom is -0.476 e. The zero-order valence-corrected chi connectivity index (χ0v) is 10.4. The van der Waals surface area contributed by atoms with Gasteiger partial charge >= 0.3 is 5.97 Å². The summed E-state index contributed by atoms with van der Waals surface area (Å²) in [7, 11) is 0. The van der Waals surface area contributed by atoms with Crippen molar-refractivity contribution in [1.29, 1.82) is 0 Å². The van der Waals surface area contributed by atoms with E-state index in [1.807, 2.05) is 13.8 Å². The van der Waals surface area contributed by atoms with Gasteiger partial charge in [-0.05, 0) is 12.3 Å². The number of nitrogens with zero attached hydrogens (tertiary/aromatic N) is 3.